The fourth-order valence-corrected chi connectivity index (χ4v) is 6.99. The van der Waals surface area contributed by atoms with Crippen LogP contribution in [0.2, 0.25) is 0 Å². The Kier molecular flexibility index (Phi) is 29.6. The minimum Gasteiger partial charge on any atom is -0.394 e. The Balaban J connectivity index is 2.52. The third-order valence-corrected chi connectivity index (χ3v) is 10.3. The lowest BCUT2D eigenvalue weighted by Crippen LogP contribution is -2.61. The van der Waals surface area contributed by atoms with Gasteiger partial charge >= 0.3 is 10.4 Å². The lowest BCUT2D eigenvalue weighted by atomic mass is 9.99. The van der Waals surface area contributed by atoms with E-state index >= 15 is 0 Å². The average molecular weight is 794 g/mol. The van der Waals surface area contributed by atoms with Crippen LogP contribution in [0.15, 0.2) is 24.3 Å². The number of carbonyl (C=O) groups excluding carboxylic acids is 1. The van der Waals surface area contributed by atoms with Gasteiger partial charge in [-0.25, -0.2) is 4.18 Å². The third-order valence-electron chi connectivity index (χ3n) is 9.82. The summed E-state index contributed by atoms with van der Waals surface area (Å²) in [5, 5.41) is 54.7. The number of allylic oxidation sites excluding steroid dienone is 3. The monoisotopic (exact) mass is 794 g/mol. The SMILES string of the molecule is CCC/C=C/CC/C=C/C(O)C(COC1OC(CO)C(O)C(OS(=O)(=O)O)C1O)NC(=O)C(O)CCCCCCCCCCCCCCCCCCCC. The van der Waals surface area contributed by atoms with Crippen molar-refractivity contribution in [2.45, 2.75) is 210 Å². The summed E-state index contributed by atoms with van der Waals surface area (Å²) in [4.78, 5) is 13.0. The van der Waals surface area contributed by atoms with Gasteiger partial charge in [-0.2, -0.15) is 8.42 Å². The first-order valence-electron chi connectivity index (χ1n) is 20.8. The summed E-state index contributed by atoms with van der Waals surface area (Å²) in [6.07, 6.45) is 21.8. The highest BCUT2D eigenvalue weighted by Gasteiger charge is 2.48. The van der Waals surface area contributed by atoms with Crippen LogP contribution in [-0.4, -0.2) is 107 Å². The second kappa shape index (κ2) is 31.6. The Morgan fingerprint density at radius 1 is 0.741 bits per heavy atom. The number of aliphatic hydroxyl groups excluding tert-OH is 5. The molecule has 1 saturated heterocycles. The maximum Gasteiger partial charge on any atom is 0.397 e. The van der Waals surface area contributed by atoms with Crippen LogP contribution in [0.5, 0.6) is 0 Å². The van der Waals surface area contributed by atoms with Crippen LogP contribution in [0.1, 0.15) is 162 Å². The molecule has 0 aromatic carbocycles. The molecule has 14 heteroatoms. The Morgan fingerprint density at radius 2 is 1.24 bits per heavy atom. The van der Waals surface area contributed by atoms with Gasteiger partial charge in [0.05, 0.1) is 25.4 Å². The summed E-state index contributed by atoms with van der Waals surface area (Å²) >= 11 is 0. The first-order valence-corrected chi connectivity index (χ1v) is 22.2. The molecule has 1 amide bonds. The second-order valence-electron chi connectivity index (χ2n) is 14.7. The molecule has 13 nitrogen and oxygen atoms in total. The Labute approximate surface area is 325 Å². The zero-order valence-corrected chi connectivity index (χ0v) is 34.0. The summed E-state index contributed by atoms with van der Waals surface area (Å²) < 4.78 is 47.2. The predicted molar refractivity (Wildman–Crippen MR) is 210 cm³/mol. The van der Waals surface area contributed by atoms with E-state index in [0.29, 0.717) is 12.8 Å². The smallest absolute Gasteiger partial charge is 0.394 e. The molecule has 1 aliphatic rings. The van der Waals surface area contributed by atoms with Gasteiger partial charge in [0, 0.05) is 0 Å². The number of aliphatic hydroxyl groups is 5. The van der Waals surface area contributed by atoms with Crippen LogP contribution >= 0.6 is 0 Å². The van der Waals surface area contributed by atoms with E-state index in [9.17, 15) is 38.7 Å². The van der Waals surface area contributed by atoms with Gasteiger partial charge in [-0.15, -0.1) is 0 Å². The number of rotatable bonds is 34. The third kappa shape index (κ3) is 24.2. The molecule has 0 saturated carbocycles. The van der Waals surface area contributed by atoms with E-state index in [4.69, 9.17) is 14.0 Å². The minimum absolute atomic E-state index is 0.239. The molecule has 8 unspecified atom stereocenters. The van der Waals surface area contributed by atoms with Crippen LogP contribution in [0.3, 0.4) is 0 Å². The second-order valence-corrected chi connectivity index (χ2v) is 15.8. The molecular weight excluding hydrogens is 719 g/mol. The molecule has 54 heavy (non-hydrogen) atoms. The molecule has 0 bridgehead atoms. The van der Waals surface area contributed by atoms with E-state index in [2.05, 4.69) is 29.4 Å². The predicted octanol–water partition coefficient (Wildman–Crippen LogP) is 5.96. The van der Waals surface area contributed by atoms with Gasteiger partial charge in [-0.1, -0.05) is 160 Å². The summed E-state index contributed by atoms with van der Waals surface area (Å²) in [6, 6.07) is -1.13. The molecule has 1 rings (SSSR count). The zero-order valence-electron chi connectivity index (χ0n) is 33.1. The van der Waals surface area contributed by atoms with Crippen LogP contribution in [-0.2, 0) is 28.9 Å². The Bertz CT molecular complexity index is 1090. The van der Waals surface area contributed by atoms with Gasteiger partial charge in [0.1, 0.15) is 30.5 Å². The van der Waals surface area contributed by atoms with E-state index in [1.807, 2.05) is 6.08 Å². The van der Waals surface area contributed by atoms with Crippen molar-refractivity contribution < 1.29 is 57.0 Å². The highest BCUT2D eigenvalue weighted by Crippen LogP contribution is 2.26. The summed E-state index contributed by atoms with van der Waals surface area (Å²) in [5.74, 6) is -0.716. The first kappa shape index (κ1) is 50.6. The molecular formula is C40H75NO12S. The number of nitrogens with one attached hydrogen (secondary N) is 1. The van der Waals surface area contributed by atoms with Crippen molar-refractivity contribution >= 4 is 16.3 Å². The topological polar surface area (TPSA) is 212 Å². The zero-order chi connectivity index (χ0) is 40.0. The van der Waals surface area contributed by atoms with E-state index in [0.717, 1.165) is 38.5 Å². The van der Waals surface area contributed by atoms with Gasteiger partial charge < -0.3 is 40.3 Å². The van der Waals surface area contributed by atoms with Gasteiger partial charge in [0.25, 0.3) is 0 Å². The van der Waals surface area contributed by atoms with Crippen molar-refractivity contribution in [3.05, 3.63) is 24.3 Å². The van der Waals surface area contributed by atoms with Crippen molar-refractivity contribution in [3.63, 3.8) is 0 Å². The molecule has 0 aliphatic carbocycles. The molecule has 0 aromatic heterocycles. The Hall–Kier alpha value is -1.46. The van der Waals surface area contributed by atoms with E-state index < -0.39 is 78.5 Å². The van der Waals surface area contributed by atoms with Crippen LogP contribution in [0.25, 0.3) is 0 Å². The molecule has 0 spiro atoms. The van der Waals surface area contributed by atoms with Crippen LogP contribution in [0, 0.1) is 0 Å². The van der Waals surface area contributed by atoms with E-state index in [1.165, 1.54) is 96.0 Å². The summed E-state index contributed by atoms with van der Waals surface area (Å²) in [5.41, 5.74) is 0. The molecule has 1 heterocycles. The maximum absolute atomic E-state index is 13.0. The average Bonchev–Trinajstić information content (AvgIpc) is 3.14. The number of amides is 1. The maximum atomic E-state index is 13.0. The van der Waals surface area contributed by atoms with Crippen molar-refractivity contribution in [1.82, 2.24) is 5.32 Å². The summed E-state index contributed by atoms with van der Waals surface area (Å²) in [6.45, 7) is 3.06. The number of carbonyl (C=O) groups is 1. The van der Waals surface area contributed by atoms with Crippen LogP contribution in [0.4, 0.5) is 0 Å². The molecule has 0 aromatic rings. The molecule has 7 N–H and O–H groups in total. The standard InChI is InChI=1S/C40H75NO12S/c1-3-5-7-9-11-12-13-14-15-16-17-18-19-20-21-23-25-27-29-34(44)39(47)41-32(33(43)28-26-24-22-10-8-6-4-2)31-51-40-37(46)38(53-54(48,49)50)36(45)35(30-42)52-40/h8,10,26,28,32-38,40,42-46H,3-7,9,11-25,27,29-31H2,1-2H3,(H,41,47)(H,48,49,50)/b10-8+,28-26+. The first-order chi connectivity index (χ1) is 25.9. The van der Waals surface area contributed by atoms with E-state index in [1.54, 1.807) is 6.08 Å². The van der Waals surface area contributed by atoms with Crippen molar-refractivity contribution in [3.8, 4) is 0 Å². The lowest BCUT2D eigenvalue weighted by molar-refractivity contribution is -0.298. The number of hydrogen-bond donors (Lipinski definition) is 7. The van der Waals surface area contributed by atoms with Gasteiger partial charge in [-0.05, 0) is 25.7 Å². The molecule has 8 atom stereocenters. The molecule has 0 radical (unpaired) electrons. The van der Waals surface area contributed by atoms with Crippen molar-refractivity contribution in [2.24, 2.45) is 0 Å². The molecule has 1 aliphatic heterocycles. The van der Waals surface area contributed by atoms with Gasteiger partial charge in [-0.3, -0.25) is 9.35 Å². The molecule has 318 valence electrons. The van der Waals surface area contributed by atoms with Gasteiger partial charge in [0.2, 0.25) is 5.91 Å². The largest absolute Gasteiger partial charge is 0.397 e. The van der Waals surface area contributed by atoms with E-state index in [-0.39, 0.29) is 6.42 Å². The van der Waals surface area contributed by atoms with Crippen molar-refractivity contribution in [1.29, 1.82) is 0 Å². The number of hydrogen-bond acceptors (Lipinski definition) is 11. The molecule has 1 fully saturated rings. The van der Waals surface area contributed by atoms with Crippen molar-refractivity contribution in [2.75, 3.05) is 13.2 Å². The van der Waals surface area contributed by atoms with Crippen LogP contribution < -0.4 is 5.32 Å². The summed E-state index contributed by atoms with van der Waals surface area (Å²) in [7, 11) is -5.11. The Morgan fingerprint density at radius 3 is 1.74 bits per heavy atom. The fraction of sp³-hybridized carbons (Fsp3) is 0.875. The quantitative estimate of drug-likeness (QED) is 0.0229. The highest BCUT2D eigenvalue weighted by molar-refractivity contribution is 7.80. The number of unbranched alkanes of at least 4 members (excludes halogenated alkanes) is 19. The normalized spacial score (nSPS) is 22.6. The fourth-order valence-electron chi connectivity index (χ4n) is 6.48. The number of ether oxygens (including phenoxy) is 2. The lowest BCUT2D eigenvalue weighted by Gasteiger charge is -2.41. The van der Waals surface area contributed by atoms with Gasteiger partial charge in [0.15, 0.2) is 6.29 Å². The minimum atomic E-state index is -5.11. The highest BCUT2D eigenvalue weighted by atomic mass is 32.3.